The van der Waals surface area contributed by atoms with Gasteiger partial charge < -0.3 is 5.11 Å². The average molecular weight is 235 g/mol. The molecule has 88 valence electrons. The average Bonchev–Trinajstić information content (AvgIpc) is 2.34. The van der Waals surface area contributed by atoms with E-state index in [2.05, 4.69) is 10.4 Å². The van der Waals surface area contributed by atoms with Crippen LogP contribution in [-0.2, 0) is 9.59 Å². The van der Waals surface area contributed by atoms with Crippen LogP contribution in [0, 0.1) is 0 Å². The van der Waals surface area contributed by atoms with Gasteiger partial charge in [0.05, 0.1) is 0 Å². The molecule has 0 unspecified atom stereocenters. The van der Waals surface area contributed by atoms with Crippen molar-refractivity contribution in [3.63, 3.8) is 0 Å². The first kappa shape index (κ1) is 12.4. The van der Waals surface area contributed by atoms with E-state index in [-0.39, 0.29) is 5.69 Å². The van der Waals surface area contributed by atoms with Crippen LogP contribution >= 0.6 is 0 Å². The van der Waals surface area contributed by atoms with Gasteiger partial charge in [0.25, 0.3) is 11.8 Å². The van der Waals surface area contributed by atoms with Crippen LogP contribution in [0.15, 0.2) is 36.5 Å². The van der Waals surface area contributed by atoms with E-state index in [1.165, 1.54) is 12.3 Å². The molecule has 2 amide bonds. The number of aromatic nitrogens is 1. The van der Waals surface area contributed by atoms with Crippen molar-refractivity contribution in [1.29, 1.82) is 0 Å². The van der Waals surface area contributed by atoms with E-state index in [9.17, 15) is 14.4 Å². The molecule has 7 nitrogen and oxygen atoms in total. The molecule has 0 aromatic carbocycles. The highest BCUT2D eigenvalue weighted by atomic mass is 16.4. The maximum Gasteiger partial charge on any atom is 0.328 e. The molecule has 0 bridgehead atoms. The second-order valence-electron chi connectivity index (χ2n) is 2.83. The number of nitrogens with one attached hydrogen (secondary N) is 2. The van der Waals surface area contributed by atoms with Crippen LogP contribution < -0.4 is 10.9 Å². The van der Waals surface area contributed by atoms with Gasteiger partial charge in [-0.25, -0.2) is 4.79 Å². The van der Waals surface area contributed by atoms with E-state index in [4.69, 9.17) is 5.11 Å². The number of pyridine rings is 1. The smallest absolute Gasteiger partial charge is 0.328 e. The largest absolute Gasteiger partial charge is 0.478 e. The maximum absolute atomic E-state index is 11.4. The lowest BCUT2D eigenvalue weighted by atomic mass is 10.3. The lowest BCUT2D eigenvalue weighted by Gasteiger charge is -2.03. The van der Waals surface area contributed by atoms with Gasteiger partial charge in [-0.05, 0) is 12.1 Å². The molecule has 1 rings (SSSR count). The van der Waals surface area contributed by atoms with Gasteiger partial charge >= 0.3 is 5.97 Å². The summed E-state index contributed by atoms with van der Waals surface area (Å²) in [5.41, 5.74) is 4.22. The van der Waals surface area contributed by atoms with Crippen molar-refractivity contribution >= 4 is 17.8 Å². The molecule has 3 N–H and O–H groups in total. The quantitative estimate of drug-likeness (QED) is 0.482. The van der Waals surface area contributed by atoms with Crippen LogP contribution in [0.5, 0.6) is 0 Å². The van der Waals surface area contributed by atoms with Gasteiger partial charge in [0, 0.05) is 18.3 Å². The number of amides is 2. The summed E-state index contributed by atoms with van der Waals surface area (Å²) in [6, 6.07) is 4.73. The molecule has 0 radical (unpaired) electrons. The number of hydrazine groups is 1. The van der Waals surface area contributed by atoms with Crippen molar-refractivity contribution in [3.05, 3.63) is 42.2 Å². The Morgan fingerprint density at radius 2 is 1.94 bits per heavy atom. The lowest BCUT2D eigenvalue weighted by Crippen LogP contribution is -2.41. The monoisotopic (exact) mass is 235 g/mol. The Labute approximate surface area is 96.1 Å². The minimum atomic E-state index is -1.25. The summed E-state index contributed by atoms with van der Waals surface area (Å²) in [4.78, 5) is 36.2. The van der Waals surface area contributed by atoms with Gasteiger partial charge in [-0.2, -0.15) is 0 Å². The van der Waals surface area contributed by atoms with Crippen molar-refractivity contribution in [1.82, 2.24) is 15.8 Å². The van der Waals surface area contributed by atoms with Gasteiger partial charge in [0.2, 0.25) is 0 Å². The number of nitrogens with zero attached hydrogens (tertiary/aromatic N) is 1. The van der Waals surface area contributed by atoms with Gasteiger partial charge in [0.15, 0.2) is 0 Å². The Balaban J connectivity index is 2.44. The van der Waals surface area contributed by atoms with Crippen molar-refractivity contribution in [2.24, 2.45) is 0 Å². The van der Waals surface area contributed by atoms with Crippen LogP contribution in [0.2, 0.25) is 0 Å². The summed E-state index contributed by atoms with van der Waals surface area (Å²) in [6.07, 6.45) is 2.87. The van der Waals surface area contributed by atoms with Crippen molar-refractivity contribution in [2.45, 2.75) is 0 Å². The van der Waals surface area contributed by atoms with E-state index in [1.807, 2.05) is 5.43 Å². The van der Waals surface area contributed by atoms with Crippen LogP contribution in [0.4, 0.5) is 0 Å². The Hall–Kier alpha value is -2.70. The van der Waals surface area contributed by atoms with Gasteiger partial charge in [-0.3, -0.25) is 25.4 Å². The summed E-state index contributed by atoms with van der Waals surface area (Å²) in [5.74, 6) is -2.60. The summed E-state index contributed by atoms with van der Waals surface area (Å²) < 4.78 is 0. The van der Waals surface area contributed by atoms with E-state index < -0.39 is 17.8 Å². The number of carbonyl (C=O) groups excluding carboxylic acids is 2. The second-order valence-corrected chi connectivity index (χ2v) is 2.83. The highest BCUT2D eigenvalue weighted by molar-refractivity contribution is 5.97. The van der Waals surface area contributed by atoms with Crippen LogP contribution in [0.3, 0.4) is 0 Å². The summed E-state index contributed by atoms with van der Waals surface area (Å²) in [7, 11) is 0. The van der Waals surface area contributed by atoms with Crippen LogP contribution in [0.25, 0.3) is 0 Å². The third kappa shape index (κ3) is 4.56. The second kappa shape index (κ2) is 6.01. The fourth-order valence-electron chi connectivity index (χ4n) is 0.868. The highest BCUT2D eigenvalue weighted by Crippen LogP contribution is 1.91. The standard InChI is InChI=1S/C10H9N3O4/c14-8(4-5-9(15)16)12-13-10(17)7-3-1-2-6-11-7/h1-6H,(H,12,14)(H,13,17)(H,15,16)/b5-4-. The Morgan fingerprint density at radius 1 is 1.18 bits per heavy atom. The highest BCUT2D eigenvalue weighted by Gasteiger charge is 2.06. The predicted molar refractivity (Wildman–Crippen MR) is 56.6 cm³/mol. The van der Waals surface area contributed by atoms with Crippen LogP contribution in [-0.4, -0.2) is 27.9 Å². The molecule has 0 spiro atoms. The fourth-order valence-corrected chi connectivity index (χ4v) is 0.868. The number of carboxylic acids is 1. The number of hydrogen-bond donors (Lipinski definition) is 3. The molecule has 0 saturated carbocycles. The summed E-state index contributed by atoms with van der Waals surface area (Å²) >= 11 is 0. The van der Waals surface area contributed by atoms with Crippen molar-refractivity contribution in [3.8, 4) is 0 Å². The zero-order chi connectivity index (χ0) is 12.7. The lowest BCUT2D eigenvalue weighted by molar-refractivity contribution is -0.131. The zero-order valence-electron chi connectivity index (χ0n) is 8.58. The number of rotatable bonds is 3. The zero-order valence-corrected chi connectivity index (χ0v) is 8.58. The van der Waals surface area contributed by atoms with Crippen molar-refractivity contribution in [2.75, 3.05) is 0 Å². The van der Waals surface area contributed by atoms with E-state index >= 15 is 0 Å². The van der Waals surface area contributed by atoms with Gasteiger partial charge in [-0.15, -0.1) is 0 Å². The number of carbonyl (C=O) groups is 3. The molecule has 7 heteroatoms. The molecule has 0 saturated heterocycles. The number of carboxylic acid groups (broad SMARTS) is 1. The SMILES string of the molecule is O=C(O)/C=C\C(=O)NNC(=O)c1ccccn1. The fraction of sp³-hybridized carbons (Fsp3) is 0. The Bertz CT molecular complexity index is 456. The minimum absolute atomic E-state index is 0.134. The first-order valence-electron chi connectivity index (χ1n) is 4.52. The first-order valence-corrected chi connectivity index (χ1v) is 4.52. The summed E-state index contributed by atoms with van der Waals surface area (Å²) in [6.45, 7) is 0. The molecule has 0 fully saturated rings. The topological polar surface area (TPSA) is 108 Å². The van der Waals surface area contributed by atoms with Crippen LogP contribution in [0.1, 0.15) is 10.5 Å². The number of hydrogen-bond acceptors (Lipinski definition) is 4. The molecule has 17 heavy (non-hydrogen) atoms. The molecular weight excluding hydrogens is 226 g/mol. The predicted octanol–water partition coefficient (Wildman–Crippen LogP) is -0.517. The maximum atomic E-state index is 11.4. The van der Waals surface area contributed by atoms with E-state index in [0.717, 1.165) is 6.08 Å². The van der Waals surface area contributed by atoms with E-state index in [1.54, 1.807) is 12.1 Å². The third-order valence-corrected chi connectivity index (χ3v) is 1.57. The van der Waals surface area contributed by atoms with E-state index in [0.29, 0.717) is 6.08 Å². The number of aliphatic carboxylic acids is 1. The first-order chi connectivity index (χ1) is 8.09. The molecule has 0 atom stereocenters. The van der Waals surface area contributed by atoms with Crippen molar-refractivity contribution < 1.29 is 19.5 Å². The molecule has 1 heterocycles. The molecular formula is C10H9N3O4. The molecule has 0 aliphatic heterocycles. The molecule has 0 aliphatic rings. The minimum Gasteiger partial charge on any atom is -0.478 e. The summed E-state index contributed by atoms with van der Waals surface area (Å²) in [5, 5.41) is 8.25. The molecule has 1 aromatic heterocycles. The third-order valence-electron chi connectivity index (χ3n) is 1.57. The normalized spacial score (nSPS) is 9.88. The Morgan fingerprint density at radius 3 is 2.53 bits per heavy atom. The Kier molecular flexibility index (Phi) is 4.37. The van der Waals surface area contributed by atoms with Gasteiger partial charge in [0.1, 0.15) is 5.69 Å². The molecule has 0 aliphatic carbocycles. The molecule has 1 aromatic rings. The van der Waals surface area contributed by atoms with Gasteiger partial charge in [-0.1, -0.05) is 6.07 Å².